The first-order valence-corrected chi connectivity index (χ1v) is 6.27. The third-order valence-corrected chi connectivity index (χ3v) is 2.55. The molecule has 0 spiro atoms. The second kappa shape index (κ2) is 7.72. The molecule has 2 rings (SSSR count). The van der Waals surface area contributed by atoms with Gasteiger partial charge in [-0.2, -0.15) is 0 Å². The maximum Gasteiger partial charge on any atom is 0.673 e. The van der Waals surface area contributed by atoms with E-state index in [4.69, 9.17) is 0 Å². The van der Waals surface area contributed by atoms with Crippen LogP contribution in [0, 0.1) is 0 Å². The summed E-state index contributed by atoms with van der Waals surface area (Å²) in [6.45, 7) is 1.09. The van der Waals surface area contributed by atoms with E-state index in [1.54, 1.807) is 0 Å². The van der Waals surface area contributed by atoms with Gasteiger partial charge in [-0.25, -0.2) is 9.13 Å². The zero-order valence-electron chi connectivity index (χ0n) is 11.2. The second-order valence-electron chi connectivity index (χ2n) is 4.40. The Kier molecular flexibility index (Phi) is 6.28. The van der Waals surface area contributed by atoms with Crippen molar-refractivity contribution in [2.75, 3.05) is 0 Å². The van der Waals surface area contributed by atoms with Crippen LogP contribution in [-0.4, -0.2) is 11.8 Å². The number of aryl methyl sites for hydroxylation is 3. The molecule has 0 aliphatic carbocycles. The van der Waals surface area contributed by atoms with Crippen LogP contribution in [0.1, 0.15) is 12.0 Å². The van der Waals surface area contributed by atoms with Crippen molar-refractivity contribution in [2.45, 2.75) is 19.4 Å². The molecule has 2 nitrogen and oxygen atoms in total. The number of hydrogen-bond donors (Lipinski definition) is 0. The molecule has 0 N–H and O–H groups in total. The molecular weight excluding hydrogens is 271 g/mol. The zero-order chi connectivity index (χ0) is 15.0. The summed E-state index contributed by atoms with van der Waals surface area (Å²) in [5.41, 5.74) is 1.43. The molecule has 0 atom stereocenters. The van der Waals surface area contributed by atoms with Gasteiger partial charge in [-0.05, 0) is 18.4 Å². The van der Waals surface area contributed by atoms with E-state index in [9.17, 15) is 17.3 Å². The first kappa shape index (κ1) is 16.3. The van der Waals surface area contributed by atoms with Crippen molar-refractivity contribution in [3.05, 3.63) is 54.6 Å². The van der Waals surface area contributed by atoms with Gasteiger partial charge < -0.3 is 17.3 Å². The van der Waals surface area contributed by atoms with Gasteiger partial charge in [0.1, 0.15) is 12.4 Å². The monoisotopic (exact) mass is 288 g/mol. The van der Waals surface area contributed by atoms with E-state index in [0.29, 0.717) is 0 Å². The summed E-state index contributed by atoms with van der Waals surface area (Å²) in [5, 5.41) is 0. The lowest BCUT2D eigenvalue weighted by Crippen LogP contribution is -2.31. The number of rotatable bonds is 4. The van der Waals surface area contributed by atoms with E-state index in [2.05, 4.69) is 58.2 Å². The van der Waals surface area contributed by atoms with E-state index in [1.165, 1.54) is 12.0 Å². The Bertz CT molecular complexity index is 491. The molecule has 7 heteroatoms. The molecular formula is C13H17BF4N2. The van der Waals surface area contributed by atoms with Gasteiger partial charge >= 0.3 is 7.25 Å². The molecule has 20 heavy (non-hydrogen) atoms. The highest BCUT2D eigenvalue weighted by molar-refractivity contribution is 6.50. The summed E-state index contributed by atoms with van der Waals surface area (Å²) < 4.78 is 43.3. The molecule has 0 saturated carbocycles. The van der Waals surface area contributed by atoms with Crippen molar-refractivity contribution in [1.82, 2.24) is 4.57 Å². The van der Waals surface area contributed by atoms with Gasteiger partial charge in [0, 0.05) is 0 Å². The number of hydrogen-bond acceptors (Lipinski definition) is 0. The standard InChI is InChI=1S/C13H17N2.BF4/c1-14-10-11-15(12-14)9-5-8-13-6-3-2-4-7-13;2-1(3,4)5/h2-4,6-7,10-12H,5,8-9H2,1H3;/q+1;-1. The van der Waals surface area contributed by atoms with Crippen LogP contribution in [0.2, 0.25) is 0 Å². The highest BCUT2D eigenvalue weighted by Crippen LogP contribution is 2.06. The minimum atomic E-state index is -6.00. The molecule has 0 fully saturated rings. The van der Waals surface area contributed by atoms with Gasteiger partial charge in [0.25, 0.3) is 0 Å². The van der Waals surface area contributed by atoms with Gasteiger partial charge in [-0.1, -0.05) is 30.3 Å². The van der Waals surface area contributed by atoms with Gasteiger partial charge in [0.15, 0.2) is 0 Å². The second-order valence-corrected chi connectivity index (χ2v) is 4.40. The van der Waals surface area contributed by atoms with Crippen molar-refractivity contribution in [1.29, 1.82) is 0 Å². The Hall–Kier alpha value is -1.79. The molecule has 0 amide bonds. The van der Waals surface area contributed by atoms with Crippen LogP contribution >= 0.6 is 0 Å². The highest BCUT2D eigenvalue weighted by atomic mass is 19.5. The average molecular weight is 288 g/mol. The number of halogens is 4. The molecule has 1 heterocycles. The van der Waals surface area contributed by atoms with Crippen LogP contribution in [0.15, 0.2) is 49.1 Å². The van der Waals surface area contributed by atoms with Gasteiger partial charge in [-0.15, -0.1) is 0 Å². The van der Waals surface area contributed by atoms with E-state index in [1.807, 2.05) is 7.05 Å². The van der Waals surface area contributed by atoms with Crippen LogP contribution in [-0.2, 0) is 20.0 Å². The molecule has 1 aromatic heterocycles. The Morgan fingerprint density at radius 3 is 2.20 bits per heavy atom. The molecule has 0 aliphatic heterocycles. The van der Waals surface area contributed by atoms with Gasteiger partial charge in [0.2, 0.25) is 6.33 Å². The zero-order valence-corrected chi connectivity index (χ0v) is 11.2. The largest absolute Gasteiger partial charge is 0.673 e. The molecule has 0 unspecified atom stereocenters. The molecule has 2 aromatic rings. The molecule has 0 radical (unpaired) electrons. The maximum atomic E-state index is 9.75. The lowest BCUT2D eigenvalue weighted by Gasteiger charge is -1.98. The van der Waals surface area contributed by atoms with Crippen LogP contribution in [0.4, 0.5) is 17.3 Å². The fourth-order valence-electron chi connectivity index (χ4n) is 1.74. The third-order valence-electron chi connectivity index (χ3n) is 2.55. The van der Waals surface area contributed by atoms with Crippen molar-refractivity contribution in [3.8, 4) is 0 Å². The average Bonchev–Trinajstić information content (AvgIpc) is 2.74. The molecule has 0 saturated heterocycles. The normalized spacial score (nSPS) is 10.8. The van der Waals surface area contributed by atoms with Crippen LogP contribution in [0.5, 0.6) is 0 Å². The van der Waals surface area contributed by atoms with Crippen LogP contribution < -0.4 is 4.57 Å². The maximum absolute atomic E-state index is 9.75. The quantitative estimate of drug-likeness (QED) is 0.464. The first-order valence-electron chi connectivity index (χ1n) is 6.27. The first-order chi connectivity index (χ1) is 9.34. The van der Waals surface area contributed by atoms with Crippen molar-refractivity contribution >= 4 is 7.25 Å². The van der Waals surface area contributed by atoms with Crippen molar-refractivity contribution in [3.63, 3.8) is 0 Å². The predicted molar refractivity (Wildman–Crippen MR) is 70.6 cm³/mol. The summed E-state index contributed by atoms with van der Waals surface area (Å²) in [6.07, 6.45) is 8.65. The van der Waals surface area contributed by atoms with Gasteiger partial charge in [-0.3, -0.25) is 0 Å². The Labute approximate surface area is 115 Å². The van der Waals surface area contributed by atoms with E-state index in [-0.39, 0.29) is 0 Å². The lowest BCUT2D eigenvalue weighted by atomic mass is 10.1. The predicted octanol–water partition coefficient (Wildman–Crippen LogP) is 3.25. The van der Waals surface area contributed by atoms with E-state index >= 15 is 0 Å². The van der Waals surface area contributed by atoms with E-state index in [0.717, 1.165) is 13.0 Å². The van der Waals surface area contributed by atoms with Crippen LogP contribution in [0.3, 0.4) is 0 Å². The smallest absolute Gasteiger partial charge is 0.418 e. The Morgan fingerprint density at radius 1 is 1.10 bits per heavy atom. The number of nitrogens with zero attached hydrogens (tertiary/aromatic N) is 2. The molecule has 1 aromatic carbocycles. The van der Waals surface area contributed by atoms with Gasteiger partial charge in [0.05, 0.1) is 13.6 Å². The SMILES string of the molecule is Cn1cc[n+](CCCc2ccccc2)c1.F[B-](F)(F)F. The third kappa shape index (κ3) is 8.34. The highest BCUT2D eigenvalue weighted by Gasteiger charge is 2.20. The number of imidazole rings is 1. The van der Waals surface area contributed by atoms with Crippen LogP contribution in [0.25, 0.3) is 0 Å². The van der Waals surface area contributed by atoms with Crippen molar-refractivity contribution < 1.29 is 21.8 Å². The lowest BCUT2D eigenvalue weighted by molar-refractivity contribution is -0.696. The Balaban J connectivity index is 0.000000347. The summed E-state index contributed by atoms with van der Waals surface area (Å²) in [5.74, 6) is 0. The molecule has 0 aliphatic rings. The minimum Gasteiger partial charge on any atom is -0.418 e. The molecule has 0 bridgehead atoms. The molecule has 110 valence electrons. The summed E-state index contributed by atoms with van der Waals surface area (Å²) in [4.78, 5) is 0. The topological polar surface area (TPSA) is 8.81 Å². The fourth-order valence-corrected chi connectivity index (χ4v) is 1.74. The summed E-state index contributed by atoms with van der Waals surface area (Å²) in [7, 11) is -3.95. The summed E-state index contributed by atoms with van der Waals surface area (Å²) in [6, 6.07) is 10.6. The fraction of sp³-hybridized carbons (Fsp3) is 0.308. The van der Waals surface area contributed by atoms with E-state index < -0.39 is 7.25 Å². The number of benzene rings is 1. The minimum absolute atomic E-state index is 1.09. The Morgan fingerprint density at radius 2 is 1.70 bits per heavy atom. The van der Waals surface area contributed by atoms with Crippen molar-refractivity contribution in [2.24, 2.45) is 7.05 Å². The number of aromatic nitrogens is 2. The summed E-state index contributed by atoms with van der Waals surface area (Å²) >= 11 is 0.